The predicted octanol–water partition coefficient (Wildman–Crippen LogP) is 2.80. The third-order valence-corrected chi connectivity index (χ3v) is 3.19. The second-order valence-corrected chi connectivity index (χ2v) is 6.29. The molecule has 0 saturated carbocycles. The number of amides is 1. The molecule has 23 heavy (non-hydrogen) atoms. The number of ether oxygens (including phenoxy) is 2. The van der Waals surface area contributed by atoms with E-state index >= 15 is 0 Å². The second kappa shape index (κ2) is 6.73. The molecule has 0 saturated heterocycles. The number of benzene rings is 1. The molecule has 1 aromatic heterocycles. The zero-order chi connectivity index (χ0) is 17.0. The summed E-state index contributed by atoms with van der Waals surface area (Å²) in [6.45, 7) is 8.02. The van der Waals surface area contributed by atoms with Crippen LogP contribution in [-0.2, 0) is 16.8 Å². The lowest BCUT2D eigenvalue weighted by Crippen LogP contribution is -2.30. The van der Waals surface area contributed by atoms with E-state index in [1.807, 2.05) is 0 Å². The van der Waals surface area contributed by atoms with Crippen LogP contribution >= 0.6 is 0 Å². The molecule has 0 radical (unpaired) electrons. The maximum Gasteiger partial charge on any atom is 0.258 e. The van der Waals surface area contributed by atoms with Gasteiger partial charge in [0.25, 0.3) is 5.91 Å². The fourth-order valence-corrected chi connectivity index (χ4v) is 1.75. The number of oxazole rings is 1. The summed E-state index contributed by atoms with van der Waals surface area (Å²) in [5, 5.41) is 0. The topological polar surface area (TPSA) is 87.6 Å². The Morgan fingerprint density at radius 2 is 1.87 bits per heavy atom. The third-order valence-electron chi connectivity index (χ3n) is 3.19. The number of primary amides is 1. The summed E-state index contributed by atoms with van der Waals surface area (Å²) in [6, 6.07) is 6.92. The van der Waals surface area contributed by atoms with E-state index in [1.54, 1.807) is 37.4 Å². The summed E-state index contributed by atoms with van der Waals surface area (Å²) in [6.07, 6.45) is 1.05. The number of nitrogens with zero attached hydrogens (tertiary/aromatic N) is 1. The Kier molecular flexibility index (Phi) is 4.93. The standard InChI is InChI=1S/C17H22N2O4/c1-11(16(18)20)22-13-7-5-12(6-8-13)21-10-15-19-9-14(23-15)17(2,3)4/h5-9,11H,10H2,1-4H3,(H2,18,20)/t11-/m0/s1. The summed E-state index contributed by atoms with van der Waals surface area (Å²) in [4.78, 5) is 15.2. The lowest BCUT2D eigenvalue weighted by atomic mass is 9.94. The Balaban J connectivity index is 1.91. The zero-order valence-electron chi connectivity index (χ0n) is 13.8. The van der Waals surface area contributed by atoms with Crippen LogP contribution in [0.1, 0.15) is 39.3 Å². The van der Waals surface area contributed by atoms with E-state index in [2.05, 4.69) is 25.8 Å². The van der Waals surface area contributed by atoms with Crippen molar-refractivity contribution < 1.29 is 18.7 Å². The summed E-state index contributed by atoms with van der Waals surface area (Å²) in [5.74, 6) is 2.04. The van der Waals surface area contributed by atoms with Crippen LogP contribution in [0.15, 0.2) is 34.9 Å². The minimum absolute atomic E-state index is 0.0820. The third kappa shape index (κ3) is 4.74. The average molecular weight is 318 g/mol. The van der Waals surface area contributed by atoms with Crippen molar-refractivity contribution in [3.05, 3.63) is 42.1 Å². The lowest BCUT2D eigenvalue weighted by molar-refractivity contribution is -0.123. The van der Waals surface area contributed by atoms with E-state index in [4.69, 9.17) is 19.6 Å². The van der Waals surface area contributed by atoms with Gasteiger partial charge in [-0.05, 0) is 31.2 Å². The molecule has 6 heteroatoms. The van der Waals surface area contributed by atoms with Gasteiger partial charge in [-0.15, -0.1) is 0 Å². The van der Waals surface area contributed by atoms with Crippen LogP contribution in [0.25, 0.3) is 0 Å². The van der Waals surface area contributed by atoms with Crippen LogP contribution in [0.5, 0.6) is 11.5 Å². The van der Waals surface area contributed by atoms with Crippen molar-refractivity contribution in [2.75, 3.05) is 0 Å². The average Bonchev–Trinajstić information content (AvgIpc) is 2.95. The highest BCUT2D eigenvalue weighted by Crippen LogP contribution is 2.24. The number of rotatable bonds is 6. The zero-order valence-corrected chi connectivity index (χ0v) is 13.8. The Labute approximate surface area is 135 Å². The maximum absolute atomic E-state index is 11.0. The van der Waals surface area contributed by atoms with Gasteiger partial charge in [0.05, 0.1) is 6.20 Å². The first-order valence-electron chi connectivity index (χ1n) is 7.40. The molecule has 0 unspecified atom stereocenters. The number of carbonyl (C=O) groups is 1. The van der Waals surface area contributed by atoms with Gasteiger partial charge in [-0.3, -0.25) is 4.79 Å². The van der Waals surface area contributed by atoms with E-state index in [0.717, 1.165) is 5.76 Å². The van der Waals surface area contributed by atoms with Crippen molar-refractivity contribution in [2.45, 2.75) is 45.8 Å². The molecule has 0 aliphatic rings. The number of nitrogens with two attached hydrogens (primary N) is 1. The minimum atomic E-state index is -0.676. The van der Waals surface area contributed by atoms with Crippen LogP contribution in [0, 0.1) is 0 Å². The molecule has 0 bridgehead atoms. The largest absolute Gasteiger partial charge is 0.484 e. The molecular weight excluding hydrogens is 296 g/mol. The summed E-state index contributed by atoms with van der Waals surface area (Å²) in [7, 11) is 0. The van der Waals surface area contributed by atoms with Crippen LogP contribution < -0.4 is 15.2 Å². The number of aromatic nitrogens is 1. The Morgan fingerprint density at radius 3 is 2.39 bits per heavy atom. The maximum atomic E-state index is 11.0. The Bertz CT molecular complexity index is 656. The van der Waals surface area contributed by atoms with Gasteiger partial charge < -0.3 is 19.6 Å². The molecule has 0 aliphatic carbocycles. The minimum Gasteiger partial charge on any atom is -0.484 e. The van der Waals surface area contributed by atoms with Gasteiger partial charge in [-0.2, -0.15) is 0 Å². The van der Waals surface area contributed by atoms with Crippen molar-refractivity contribution in [1.82, 2.24) is 4.98 Å². The highest BCUT2D eigenvalue weighted by Gasteiger charge is 2.19. The first-order chi connectivity index (χ1) is 10.8. The predicted molar refractivity (Wildman–Crippen MR) is 85.3 cm³/mol. The molecule has 6 nitrogen and oxygen atoms in total. The van der Waals surface area contributed by atoms with Gasteiger partial charge in [0.1, 0.15) is 17.3 Å². The van der Waals surface area contributed by atoms with E-state index in [-0.39, 0.29) is 12.0 Å². The summed E-state index contributed by atoms with van der Waals surface area (Å²) < 4.78 is 16.7. The fourth-order valence-electron chi connectivity index (χ4n) is 1.75. The lowest BCUT2D eigenvalue weighted by Gasteiger charge is -2.13. The molecule has 124 valence electrons. The number of carbonyl (C=O) groups excluding carboxylic acids is 1. The van der Waals surface area contributed by atoms with Gasteiger partial charge in [-0.1, -0.05) is 20.8 Å². The van der Waals surface area contributed by atoms with Crippen molar-refractivity contribution in [1.29, 1.82) is 0 Å². The van der Waals surface area contributed by atoms with Crippen LogP contribution in [0.3, 0.4) is 0 Å². The molecule has 1 heterocycles. The number of hydrogen-bond acceptors (Lipinski definition) is 5. The van der Waals surface area contributed by atoms with Crippen molar-refractivity contribution in [3.8, 4) is 11.5 Å². The molecule has 1 aromatic carbocycles. The Morgan fingerprint density at radius 1 is 1.26 bits per heavy atom. The summed E-state index contributed by atoms with van der Waals surface area (Å²) in [5.41, 5.74) is 5.07. The molecule has 0 fully saturated rings. The van der Waals surface area contributed by atoms with Crippen LogP contribution in [0.4, 0.5) is 0 Å². The van der Waals surface area contributed by atoms with Crippen LogP contribution in [-0.4, -0.2) is 17.0 Å². The van der Waals surface area contributed by atoms with Gasteiger partial charge in [-0.25, -0.2) is 4.98 Å². The quantitative estimate of drug-likeness (QED) is 0.885. The molecule has 1 amide bonds. The van der Waals surface area contributed by atoms with Gasteiger partial charge in [0, 0.05) is 5.41 Å². The molecular formula is C17H22N2O4. The van der Waals surface area contributed by atoms with E-state index in [0.29, 0.717) is 17.4 Å². The first kappa shape index (κ1) is 16.9. The highest BCUT2D eigenvalue weighted by molar-refractivity contribution is 5.78. The summed E-state index contributed by atoms with van der Waals surface area (Å²) >= 11 is 0. The Hall–Kier alpha value is -2.50. The fraction of sp³-hybridized carbons (Fsp3) is 0.412. The van der Waals surface area contributed by atoms with Crippen LogP contribution in [0.2, 0.25) is 0 Å². The van der Waals surface area contributed by atoms with E-state index in [9.17, 15) is 4.79 Å². The van der Waals surface area contributed by atoms with Crippen molar-refractivity contribution in [2.24, 2.45) is 5.73 Å². The normalized spacial score (nSPS) is 12.7. The van der Waals surface area contributed by atoms with Gasteiger partial charge >= 0.3 is 0 Å². The SMILES string of the molecule is C[C@H](Oc1ccc(OCc2ncc(C(C)(C)C)o2)cc1)C(N)=O. The monoisotopic (exact) mass is 318 g/mol. The molecule has 0 spiro atoms. The van der Waals surface area contributed by atoms with E-state index in [1.165, 1.54) is 0 Å². The highest BCUT2D eigenvalue weighted by atomic mass is 16.5. The second-order valence-electron chi connectivity index (χ2n) is 6.29. The molecule has 2 N–H and O–H groups in total. The smallest absolute Gasteiger partial charge is 0.258 e. The van der Waals surface area contributed by atoms with Crippen molar-refractivity contribution in [3.63, 3.8) is 0 Å². The molecule has 0 aliphatic heterocycles. The van der Waals surface area contributed by atoms with Gasteiger partial charge in [0.2, 0.25) is 5.89 Å². The van der Waals surface area contributed by atoms with E-state index < -0.39 is 12.0 Å². The van der Waals surface area contributed by atoms with Gasteiger partial charge in [0.15, 0.2) is 12.7 Å². The van der Waals surface area contributed by atoms with Crippen molar-refractivity contribution >= 4 is 5.91 Å². The molecule has 2 rings (SSSR count). The molecule has 1 atom stereocenters. The number of hydrogen-bond donors (Lipinski definition) is 1. The molecule has 2 aromatic rings. The first-order valence-corrected chi connectivity index (χ1v) is 7.40.